The number of unbranched alkanes of at least 4 members (excludes halogenated alkanes) is 11. The average molecular weight is 311 g/mol. The van der Waals surface area contributed by atoms with Gasteiger partial charge in [0.15, 0.2) is 0 Å². The molecule has 1 unspecified atom stereocenters. The zero-order chi connectivity index (χ0) is 16.2. The number of rotatable bonds is 13. The summed E-state index contributed by atoms with van der Waals surface area (Å²) in [5.74, 6) is 6.83. The maximum absolute atomic E-state index is 5.91. The predicted molar refractivity (Wildman–Crippen MR) is 96.4 cm³/mol. The molecule has 1 aliphatic rings. The third-order valence-electron chi connectivity index (χ3n) is 4.72. The lowest BCUT2D eigenvalue weighted by molar-refractivity contribution is 0.144. The highest BCUT2D eigenvalue weighted by Crippen LogP contribution is 2.15. The number of nitrogens with two attached hydrogens (primary N) is 1. The van der Waals surface area contributed by atoms with Crippen molar-refractivity contribution in [2.45, 2.75) is 104 Å². The third-order valence-corrected chi connectivity index (χ3v) is 4.72. The number of amidine groups is 1. The fourth-order valence-corrected chi connectivity index (χ4v) is 3.09. The molecule has 0 saturated heterocycles. The van der Waals surface area contributed by atoms with Crippen LogP contribution in [0, 0.1) is 0 Å². The molecule has 0 bridgehead atoms. The second-order valence-electron chi connectivity index (χ2n) is 6.74. The fourth-order valence-electron chi connectivity index (χ4n) is 3.09. The molecule has 0 amide bonds. The maximum atomic E-state index is 5.91. The molecule has 1 atom stereocenters. The molecule has 130 valence electrons. The summed E-state index contributed by atoms with van der Waals surface area (Å²) in [5.41, 5.74) is 0. The molecule has 0 fully saturated rings. The molecule has 22 heavy (non-hydrogen) atoms. The lowest BCUT2D eigenvalue weighted by Crippen LogP contribution is -2.44. The monoisotopic (exact) mass is 310 g/mol. The van der Waals surface area contributed by atoms with E-state index in [0.717, 1.165) is 12.4 Å². The van der Waals surface area contributed by atoms with Crippen molar-refractivity contribution in [3.63, 3.8) is 0 Å². The van der Waals surface area contributed by atoms with E-state index >= 15 is 0 Å². The first-order valence-corrected chi connectivity index (χ1v) is 9.52. The first-order chi connectivity index (χ1) is 10.7. The smallest absolute Gasteiger partial charge is 0.137 e. The van der Waals surface area contributed by atoms with Crippen molar-refractivity contribution in [3.8, 4) is 0 Å². The topological polar surface area (TPSA) is 44.9 Å². The number of hydrazone groups is 1. The van der Waals surface area contributed by atoms with Crippen molar-refractivity contribution in [2.75, 3.05) is 6.54 Å². The first kappa shape index (κ1) is 19.3. The Bertz CT molecular complexity index is 303. The van der Waals surface area contributed by atoms with Gasteiger partial charge in [-0.05, 0) is 20.3 Å². The molecule has 0 spiro atoms. The highest BCUT2D eigenvalue weighted by Gasteiger charge is 2.24. The van der Waals surface area contributed by atoms with E-state index in [1.54, 1.807) is 5.01 Å². The quantitative estimate of drug-likeness (QED) is 0.390. The SMILES string of the molecule is CCCCCCCCCCCCCCN1N=C(C)N(N)C1C. The van der Waals surface area contributed by atoms with Gasteiger partial charge in [-0.15, -0.1) is 0 Å². The number of hydrazine groups is 1. The summed E-state index contributed by atoms with van der Waals surface area (Å²) in [6, 6.07) is 0. The van der Waals surface area contributed by atoms with Gasteiger partial charge < -0.3 is 0 Å². The van der Waals surface area contributed by atoms with Crippen molar-refractivity contribution in [1.29, 1.82) is 0 Å². The minimum atomic E-state index is 0.215. The Kier molecular flexibility index (Phi) is 10.3. The second kappa shape index (κ2) is 11.8. The van der Waals surface area contributed by atoms with Gasteiger partial charge in [-0.1, -0.05) is 77.6 Å². The molecule has 2 N–H and O–H groups in total. The van der Waals surface area contributed by atoms with E-state index in [1.165, 1.54) is 77.0 Å². The van der Waals surface area contributed by atoms with Crippen LogP contribution in [0.4, 0.5) is 0 Å². The van der Waals surface area contributed by atoms with Crippen molar-refractivity contribution in [2.24, 2.45) is 10.9 Å². The van der Waals surface area contributed by atoms with Crippen LogP contribution in [0.25, 0.3) is 0 Å². The molecule has 1 heterocycles. The van der Waals surface area contributed by atoms with Gasteiger partial charge in [0.25, 0.3) is 0 Å². The molecular weight excluding hydrogens is 272 g/mol. The molecule has 1 aliphatic heterocycles. The summed E-state index contributed by atoms with van der Waals surface area (Å²) in [7, 11) is 0. The van der Waals surface area contributed by atoms with Gasteiger partial charge in [-0.25, -0.2) is 5.84 Å². The van der Waals surface area contributed by atoms with E-state index in [9.17, 15) is 0 Å². The molecule has 0 aromatic carbocycles. The maximum Gasteiger partial charge on any atom is 0.137 e. The van der Waals surface area contributed by atoms with Crippen molar-refractivity contribution < 1.29 is 0 Å². The molecule has 0 radical (unpaired) electrons. The van der Waals surface area contributed by atoms with Crippen LogP contribution in [0.1, 0.15) is 97.8 Å². The normalized spacial score (nSPS) is 18.2. The average Bonchev–Trinajstić information content (AvgIpc) is 2.75. The second-order valence-corrected chi connectivity index (χ2v) is 6.74. The molecule has 0 aliphatic carbocycles. The molecule has 0 aromatic rings. The van der Waals surface area contributed by atoms with Crippen molar-refractivity contribution in [1.82, 2.24) is 10.0 Å². The zero-order valence-electron chi connectivity index (χ0n) is 15.2. The minimum absolute atomic E-state index is 0.215. The Morgan fingerprint density at radius 1 is 0.864 bits per heavy atom. The number of nitrogens with zero attached hydrogens (tertiary/aromatic N) is 3. The standard InChI is InChI=1S/C18H38N4/c1-4-5-6-7-8-9-10-11-12-13-14-15-16-21-18(3)22(19)17(2)20-21/h18H,4-16,19H2,1-3H3. The highest BCUT2D eigenvalue weighted by atomic mass is 15.7. The van der Waals surface area contributed by atoms with E-state index in [1.807, 2.05) is 6.92 Å². The van der Waals surface area contributed by atoms with Gasteiger partial charge in [-0.2, -0.15) is 5.10 Å². The van der Waals surface area contributed by atoms with Crippen LogP contribution >= 0.6 is 0 Å². The van der Waals surface area contributed by atoms with Crippen LogP contribution in [0.15, 0.2) is 5.10 Å². The highest BCUT2D eigenvalue weighted by molar-refractivity contribution is 5.80. The van der Waals surface area contributed by atoms with Gasteiger partial charge in [0, 0.05) is 6.54 Å². The molecule has 4 heteroatoms. The summed E-state index contributed by atoms with van der Waals surface area (Å²) in [6.07, 6.45) is 16.9. The Labute approximate surface area is 138 Å². The third kappa shape index (κ3) is 7.48. The summed E-state index contributed by atoms with van der Waals surface area (Å²) < 4.78 is 0. The van der Waals surface area contributed by atoms with E-state index < -0.39 is 0 Å². The Morgan fingerprint density at radius 2 is 1.32 bits per heavy atom. The van der Waals surface area contributed by atoms with Crippen LogP contribution in [-0.2, 0) is 0 Å². The van der Waals surface area contributed by atoms with Crippen LogP contribution in [0.2, 0.25) is 0 Å². The van der Waals surface area contributed by atoms with E-state index in [-0.39, 0.29) is 6.17 Å². The van der Waals surface area contributed by atoms with Gasteiger partial charge in [0.05, 0.1) is 0 Å². The van der Waals surface area contributed by atoms with Gasteiger partial charge in [0.1, 0.15) is 12.0 Å². The Balaban J connectivity index is 1.84. The van der Waals surface area contributed by atoms with Crippen LogP contribution in [0.3, 0.4) is 0 Å². The largest absolute Gasteiger partial charge is 0.273 e. The fraction of sp³-hybridized carbons (Fsp3) is 0.944. The molecule has 0 aromatic heterocycles. The van der Waals surface area contributed by atoms with Crippen LogP contribution in [0.5, 0.6) is 0 Å². The lowest BCUT2D eigenvalue weighted by Gasteiger charge is -2.24. The van der Waals surface area contributed by atoms with Crippen molar-refractivity contribution in [3.05, 3.63) is 0 Å². The van der Waals surface area contributed by atoms with E-state index in [0.29, 0.717) is 0 Å². The van der Waals surface area contributed by atoms with Gasteiger partial charge in [-0.3, -0.25) is 10.0 Å². The van der Waals surface area contributed by atoms with Crippen LogP contribution < -0.4 is 5.84 Å². The van der Waals surface area contributed by atoms with E-state index in [2.05, 4.69) is 24.0 Å². The summed E-state index contributed by atoms with van der Waals surface area (Å²) in [4.78, 5) is 0. The zero-order valence-corrected chi connectivity index (χ0v) is 15.2. The number of hydrogen-bond donors (Lipinski definition) is 1. The van der Waals surface area contributed by atoms with Gasteiger partial charge >= 0.3 is 0 Å². The summed E-state index contributed by atoms with van der Waals surface area (Å²) in [6.45, 7) is 7.40. The Hall–Kier alpha value is -0.770. The summed E-state index contributed by atoms with van der Waals surface area (Å²) >= 11 is 0. The molecule has 0 saturated carbocycles. The number of hydrogen-bond acceptors (Lipinski definition) is 4. The minimum Gasteiger partial charge on any atom is -0.273 e. The van der Waals surface area contributed by atoms with Crippen molar-refractivity contribution >= 4 is 5.84 Å². The lowest BCUT2D eigenvalue weighted by atomic mass is 10.1. The molecule has 4 nitrogen and oxygen atoms in total. The van der Waals surface area contributed by atoms with E-state index in [4.69, 9.17) is 5.84 Å². The van der Waals surface area contributed by atoms with Crippen LogP contribution in [-0.4, -0.2) is 28.6 Å². The molecular formula is C18H38N4. The predicted octanol–water partition coefficient (Wildman–Crippen LogP) is 4.86. The van der Waals surface area contributed by atoms with Gasteiger partial charge in [0.2, 0.25) is 0 Å². The Morgan fingerprint density at radius 3 is 1.73 bits per heavy atom. The first-order valence-electron chi connectivity index (χ1n) is 9.52. The summed E-state index contributed by atoms with van der Waals surface area (Å²) in [5, 5.41) is 8.36. The molecule has 1 rings (SSSR count).